The van der Waals surface area contributed by atoms with E-state index in [2.05, 4.69) is 15.6 Å². The topological polar surface area (TPSA) is 138 Å². The summed E-state index contributed by atoms with van der Waals surface area (Å²) in [6.07, 6.45) is 1.76. The highest BCUT2D eigenvalue weighted by Gasteiger charge is 2.31. The second-order valence-electron chi connectivity index (χ2n) is 8.09. The Morgan fingerprint density at radius 3 is 2.65 bits per heavy atom. The first-order chi connectivity index (χ1) is 16.4. The lowest BCUT2D eigenvalue weighted by molar-refractivity contribution is -0.141. The number of benzene rings is 2. The number of carbonyl (C=O) groups excluding carboxylic acids is 2. The molecule has 3 aromatic rings. The number of nitrogens with one attached hydrogen (secondary N) is 2. The van der Waals surface area contributed by atoms with E-state index in [1.807, 2.05) is 30.3 Å². The maximum atomic E-state index is 13.2. The largest absolute Gasteiger partial charge is 0.481 e. The summed E-state index contributed by atoms with van der Waals surface area (Å²) in [6, 6.07) is 17.2. The number of carboxylic acids is 1. The van der Waals surface area contributed by atoms with Gasteiger partial charge >= 0.3 is 5.97 Å². The molecule has 4 rings (SSSR count). The van der Waals surface area contributed by atoms with Crippen LogP contribution in [0, 0.1) is 0 Å². The van der Waals surface area contributed by atoms with Crippen molar-refractivity contribution in [3.05, 3.63) is 83.6 Å². The van der Waals surface area contributed by atoms with Gasteiger partial charge in [0.1, 0.15) is 11.9 Å². The summed E-state index contributed by atoms with van der Waals surface area (Å²) in [4.78, 5) is 42.9. The van der Waals surface area contributed by atoms with E-state index in [0.717, 1.165) is 11.1 Å². The number of fused-ring (bicyclic) bond motifs is 1. The Balaban J connectivity index is 1.57. The number of nitrogens with zero attached hydrogens (tertiary/aromatic N) is 2. The predicted molar refractivity (Wildman–Crippen MR) is 128 cm³/mol. The standard InChI is InChI=1S/C25H25N5O4/c26-22-9-7-19(14-27-22)28-24(33)17-6-8-20-18(12-17)15-30(11-10-16-4-2-1-3-5-16)25(34)21(29-20)13-23(31)32/h1-9,12,14,21,29H,10-11,13,15H2,(H2,26,27)(H,28,33)(H,31,32). The first-order valence-electron chi connectivity index (χ1n) is 10.9. The molecule has 9 heteroatoms. The molecule has 0 bridgehead atoms. The van der Waals surface area contributed by atoms with Gasteiger partial charge in [0.2, 0.25) is 5.91 Å². The number of aromatic nitrogens is 1. The van der Waals surface area contributed by atoms with Gasteiger partial charge in [0.25, 0.3) is 5.91 Å². The van der Waals surface area contributed by atoms with Crippen molar-refractivity contribution in [1.82, 2.24) is 9.88 Å². The molecular weight excluding hydrogens is 434 g/mol. The molecule has 2 aromatic carbocycles. The lowest BCUT2D eigenvalue weighted by Gasteiger charge is -2.24. The molecule has 1 unspecified atom stereocenters. The van der Waals surface area contributed by atoms with Gasteiger partial charge < -0.3 is 26.4 Å². The van der Waals surface area contributed by atoms with E-state index in [4.69, 9.17) is 5.73 Å². The second kappa shape index (κ2) is 10.0. The molecule has 0 spiro atoms. The fourth-order valence-electron chi connectivity index (χ4n) is 3.85. The number of hydrogen-bond donors (Lipinski definition) is 4. The van der Waals surface area contributed by atoms with E-state index in [1.165, 1.54) is 6.20 Å². The summed E-state index contributed by atoms with van der Waals surface area (Å²) < 4.78 is 0. The average Bonchev–Trinajstić information content (AvgIpc) is 2.95. The van der Waals surface area contributed by atoms with Crippen LogP contribution >= 0.6 is 0 Å². The molecule has 1 aliphatic heterocycles. The zero-order valence-corrected chi connectivity index (χ0v) is 18.4. The van der Waals surface area contributed by atoms with E-state index in [0.29, 0.717) is 35.7 Å². The number of rotatable bonds is 7. The van der Waals surface area contributed by atoms with Gasteiger partial charge in [-0.05, 0) is 47.9 Å². The van der Waals surface area contributed by atoms with Crippen LogP contribution in [0.1, 0.15) is 27.9 Å². The van der Waals surface area contributed by atoms with Crippen molar-refractivity contribution in [2.75, 3.05) is 22.9 Å². The number of nitrogens with two attached hydrogens (primary N) is 1. The molecular formula is C25H25N5O4. The van der Waals surface area contributed by atoms with Crippen molar-refractivity contribution in [2.24, 2.45) is 0 Å². The van der Waals surface area contributed by atoms with E-state index >= 15 is 0 Å². The zero-order chi connectivity index (χ0) is 24.1. The fraction of sp³-hybridized carbons (Fsp3) is 0.200. The third-order valence-corrected chi connectivity index (χ3v) is 5.60. The van der Waals surface area contributed by atoms with Crippen molar-refractivity contribution in [2.45, 2.75) is 25.4 Å². The van der Waals surface area contributed by atoms with Crippen LogP contribution in [0.4, 0.5) is 17.2 Å². The Morgan fingerprint density at radius 2 is 1.94 bits per heavy atom. The highest BCUT2D eigenvalue weighted by atomic mass is 16.4. The van der Waals surface area contributed by atoms with Gasteiger partial charge in [-0.2, -0.15) is 0 Å². The first kappa shape index (κ1) is 22.8. The van der Waals surface area contributed by atoms with Gasteiger partial charge in [-0.3, -0.25) is 14.4 Å². The molecule has 1 atom stereocenters. The molecule has 34 heavy (non-hydrogen) atoms. The Kier molecular flexibility index (Phi) is 6.72. The summed E-state index contributed by atoms with van der Waals surface area (Å²) in [7, 11) is 0. The van der Waals surface area contributed by atoms with Gasteiger partial charge in [0.05, 0.1) is 18.3 Å². The van der Waals surface area contributed by atoms with Crippen molar-refractivity contribution in [3.63, 3.8) is 0 Å². The Bertz CT molecular complexity index is 1200. The van der Waals surface area contributed by atoms with Crippen LogP contribution in [-0.2, 0) is 22.6 Å². The van der Waals surface area contributed by atoms with E-state index in [9.17, 15) is 19.5 Å². The number of pyridine rings is 1. The van der Waals surface area contributed by atoms with Crippen LogP contribution in [0.2, 0.25) is 0 Å². The van der Waals surface area contributed by atoms with Crippen LogP contribution in [0.15, 0.2) is 66.9 Å². The molecule has 2 heterocycles. The number of carbonyl (C=O) groups is 3. The fourth-order valence-corrected chi connectivity index (χ4v) is 3.85. The van der Waals surface area contributed by atoms with Gasteiger partial charge in [0, 0.05) is 24.3 Å². The molecule has 174 valence electrons. The van der Waals surface area contributed by atoms with Crippen LogP contribution in [0.5, 0.6) is 0 Å². The van der Waals surface area contributed by atoms with E-state index in [-0.39, 0.29) is 24.8 Å². The number of nitrogen functional groups attached to an aromatic ring is 1. The molecule has 0 radical (unpaired) electrons. The third-order valence-electron chi connectivity index (χ3n) is 5.60. The normalized spacial score (nSPS) is 15.1. The number of amides is 2. The van der Waals surface area contributed by atoms with Gasteiger partial charge in [-0.15, -0.1) is 0 Å². The minimum atomic E-state index is -1.06. The summed E-state index contributed by atoms with van der Waals surface area (Å²) in [5, 5.41) is 15.2. The second-order valence-corrected chi connectivity index (χ2v) is 8.09. The lowest BCUT2D eigenvalue weighted by Crippen LogP contribution is -2.42. The first-order valence-corrected chi connectivity index (χ1v) is 10.9. The van der Waals surface area contributed by atoms with E-state index in [1.54, 1.807) is 35.2 Å². The lowest BCUT2D eigenvalue weighted by atomic mass is 10.1. The third kappa shape index (κ3) is 5.50. The van der Waals surface area contributed by atoms with Crippen LogP contribution in [-0.4, -0.2) is 45.4 Å². The van der Waals surface area contributed by atoms with Gasteiger partial charge in [-0.25, -0.2) is 4.98 Å². The van der Waals surface area contributed by atoms with Crippen LogP contribution in [0.25, 0.3) is 0 Å². The minimum absolute atomic E-state index is 0.259. The number of anilines is 3. The molecule has 0 aliphatic carbocycles. The van der Waals surface area contributed by atoms with Crippen molar-refractivity contribution < 1.29 is 19.5 Å². The maximum Gasteiger partial charge on any atom is 0.305 e. The maximum absolute atomic E-state index is 13.2. The Hall–Kier alpha value is -4.40. The van der Waals surface area contributed by atoms with Crippen LogP contribution in [0.3, 0.4) is 0 Å². The summed E-state index contributed by atoms with van der Waals surface area (Å²) in [5.74, 6) is -1.33. The number of aliphatic carboxylic acids is 1. The molecule has 2 amide bonds. The molecule has 9 nitrogen and oxygen atoms in total. The molecule has 5 N–H and O–H groups in total. The monoisotopic (exact) mass is 459 g/mol. The predicted octanol–water partition coefficient (Wildman–Crippen LogP) is 2.76. The van der Waals surface area contributed by atoms with Gasteiger partial charge in [-0.1, -0.05) is 30.3 Å². The highest BCUT2D eigenvalue weighted by molar-refractivity contribution is 6.04. The average molecular weight is 460 g/mol. The van der Waals surface area contributed by atoms with Crippen molar-refractivity contribution in [3.8, 4) is 0 Å². The minimum Gasteiger partial charge on any atom is -0.481 e. The quantitative estimate of drug-likeness (QED) is 0.426. The molecule has 0 fully saturated rings. The SMILES string of the molecule is Nc1ccc(NC(=O)c2ccc3c(c2)CN(CCc2ccccc2)C(=O)C(CC(=O)O)N3)cn1. The van der Waals surface area contributed by atoms with Crippen molar-refractivity contribution >= 4 is 35.0 Å². The molecule has 1 aliphatic rings. The van der Waals surface area contributed by atoms with Crippen LogP contribution < -0.4 is 16.4 Å². The number of hydrogen-bond acceptors (Lipinski definition) is 6. The summed E-state index contributed by atoms with van der Waals surface area (Å²) >= 11 is 0. The number of carboxylic acid groups (broad SMARTS) is 1. The zero-order valence-electron chi connectivity index (χ0n) is 18.4. The van der Waals surface area contributed by atoms with E-state index < -0.39 is 12.0 Å². The molecule has 0 saturated carbocycles. The highest BCUT2D eigenvalue weighted by Crippen LogP contribution is 2.26. The molecule has 0 saturated heterocycles. The van der Waals surface area contributed by atoms with Crippen molar-refractivity contribution in [1.29, 1.82) is 0 Å². The summed E-state index contributed by atoms with van der Waals surface area (Å²) in [6.45, 7) is 0.683. The Morgan fingerprint density at radius 1 is 1.15 bits per heavy atom. The van der Waals surface area contributed by atoms with Gasteiger partial charge in [0.15, 0.2) is 0 Å². The Labute approximate surface area is 196 Å². The molecule has 1 aromatic heterocycles. The smallest absolute Gasteiger partial charge is 0.305 e. The summed E-state index contributed by atoms with van der Waals surface area (Å²) in [5.41, 5.74) is 8.94.